The standard InChI is InChI=1S/C7H8O4/c1-4(9)6-5(2-8)3-11-7(6)10/h8H,2-3H2,1H3. The van der Waals surface area contributed by atoms with Crippen molar-refractivity contribution in [3.8, 4) is 0 Å². The quantitative estimate of drug-likeness (QED) is 0.429. The Labute approximate surface area is 63.5 Å². The highest BCUT2D eigenvalue weighted by Gasteiger charge is 2.27. The van der Waals surface area contributed by atoms with E-state index in [1.54, 1.807) is 0 Å². The van der Waals surface area contributed by atoms with Gasteiger partial charge in [0, 0.05) is 5.57 Å². The van der Waals surface area contributed by atoms with Crippen LogP contribution in [0.2, 0.25) is 0 Å². The second-order valence-corrected chi connectivity index (χ2v) is 2.27. The molecule has 4 heteroatoms. The zero-order chi connectivity index (χ0) is 8.43. The van der Waals surface area contributed by atoms with Crippen LogP contribution in [0.4, 0.5) is 0 Å². The van der Waals surface area contributed by atoms with Gasteiger partial charge in [0.25, 0.3) is 0 Å². The summed E-state index contributed by atoms with van der Waals surface area (Å²) < 4.78 is 4.54. The van der Waals surface area contributed by atoms with E-state index in [-0.39, 0.29) is 24.6 Å². The first kappa shape index (κ1) is 7.94. The molecular formula is C7H8O4. The fourth-order valence-corrected chi connectivity index (χ4v) is 0.959. The second kappa shape index (κ2) is 2.84. The summed E-state index contributed by atoms with van der Waals surface area (Å²) in [5, 5.41) is 8.66. The van der Waals surface area contributed by atoms with Gasteiger partial charge < -0.3 is 9.84 Å². The Bertz CT molecular complexity index is 239. The summed E-state index contributed by atoms with van der Waals surface area (Å²) in [7, 11) is 0. The Morgan fingerprint density at radius 3 is 2.73 bits per heavy atom. The fraction of sp³-hybridized carbons (Fsp3) is 0.429. The number of hydrogen-bond acceptors (Lipinski definition) is 4. The van der Waals surface area contributed by atoms with Crippen molar-refractivity contribution in [2.75, 3.05) is 13.2 Å². The molecule has 0 aliphatic carbocycles. The number of cyclic esters (lactones) is 1. The van der Waals surface area contributed by atoms with Gasteiger partial charge in [-0.1, -0.05) is 0 Å². The predicted octanol–water partition coefficient (Wildman–Crippen LogP) is -0.579. The highest BCUT2D eigenvalue weighted by Crippen LogP contribution is 2.15. The summed E-state index contributed by atoms with van der Waals surface area (Å²) >= 11 is 0. The minimum atomic E-state index is -0.624. The van der Waals surface area contributed by atoms with Crippen LogP contribution < -0.4 is 0 Å². The predicted molar refractivity (Wildman–Crippen MR) is 35.8 cm³/mol. The number of carbonyl (C=O) groups is 2. The first-order valence-corrected chi connectivity index (χ1v) is 3.17. The van der Waals surface area contributed by atoms with Crippen molar-refractivity contribution in [3.63, 3.8) is 0 Å². The van der Waals surface area contributed by atoms with Crippen molar-refractivity contribution >= 4 is 11.8 Å². The molecule has 0 radical (unpaired) electrons. The molecule has 11 heavy (non-hydrogen) atoms. The van der Waals surface area contributed by atoms with Gasteiger partial charge in [-0.25, -0.2) is 4.79 Å². The SMILES string of the molecule is CC(=O)C1=C(CO)COC1=O. The van der Waals surface area contributed by atoms with Crippen molar-refractivity contribution < 1.29 is 19.4 Å². The van der Waals surface area contributed by atoms with Crippen LogP contribution in [0.1, 0.15) is 6.92 Å². The van der Waals surface area contributed by atoms with Crippen molar-refractivity contribution in [1.29, 1.82) is 0 Å². The molecule has 1 N–H and O–H groups in total. The Hall–Kier alpha value is -1.16. The van der Waals surface area contributed by atoms with Gasteiger partial charge in [0.1, 0.15) is 12.2 Å². The van der Waals surface area contributed by atoms with Crippen LogP contribution in [-0.2, 0) is 14.3 Å². The highest BCUT2D eigenvalue weighted by atomic mass is 16.5. The van der Waals surface area contributed by atoms with E-state index in [4.69, 9.17) is 5.11 Å². The molecule has 1 aliphatic heterocycles. The second-order valence-electron chi connectivity index (χ2n) is 2.27. The smallest absolute Gasteiger partial charge is 0.342 e. The van der Waals surface area contributed by atoms with Gasteiger partial charge in [0.2, 0.25) is 0 Å². The summed E-state index contributed by atoms with van der Waals surface area (Å²) in [6.45, 7) is 1.03. The van der Waals surface area contributed by atoms with E-state index in [0.29, 0.717) is 5.57 Å². The molecule has 1 rings (SSSR count). The Kier molecular flexibility index (Phi) is 2.05. The molecule has 0 aromatic rings. The molecule has 0 aromatic heterocycles. The third-order valence-corrected chi connectivity index (χ3v) is 1.48. The zero-order valence-electron chi connectivity index (χ0n) is 6.09. The van der Waals surface area contributed by atoms with E-state index in [9.17, 15) is 9.59 Å². The number of esters is 1. The molecule has 0 amide bonds. The molecule has 0 saturated carbocycles. The molecule has 0 spiro atoms. The lowest BCUT2D eigenvalue weighted by molar-refractivity contribution is -0.137. The summed E-state index contributed by atoms with van der Waals surface area (Å²) in [5.41, 5.74) is 0.384. The lowest BCUT2D eigenvalue weighted by Crippen LogP contribution is -2.07. The van der Waals surface area contributed by atoms with Gasteiger partial charge in [-0.2, -0.15) is 0 Å². The van der Waals surface area contributed by atoms with Crippen molar-refractivity contribution in [1.82, 2.24) is 0 Å². The van der Waals surface area contributed by atoms with Crippen LogP contribution in [-0.4, -0.2) is 30.1 Å². The van der Waals surface area contributed by atoms with Gasteiger partial charge in [-0.15, -0.1) is 0 Å². The first-order chi connectivity index (χ1) is 5.16. The van der Waals surface area contributed by atoms with Crippen LogP contribution in [0.3, 0.4) is 0 Å². The molecule has 1 aliphatic rings. The van der Waals surface area contributed by atoms with Crippen molar-refractivity contribution in [3.05, 3.63) is 11.1 Å². The van der Waals surface area contributed by atoms with E-state index in [1.165, 1.54) is 6.92 Å². The van der Waals surface area contributed by atoms with E-state index >= 15 is 0 Å². The summed E-state index contributed by atoms with van der Waals surface area (Å²) in [6, 6.07) is 0. The van der Waals surface area contributed by atoms with Crippen LogP contribution in [0.15, 0.2) is 11.1 Å². The van der Waals surface area contributed by atoms with Crippen molar-refractivity contribution in [2.45, 2.75) is 6.92 Å². The molecule has 1 heterocycles. The number of Topliss-reactive ketones (excluding diaryl/α,β-unsaturated/α-hetero) is 1. The molecule has 60 valence electrons. The Balaban J connectivity index is 2.99. The molecule has 0 fully saturated rings. The topological polar surface area (TPSA) is 63.6 Å². The Morgan fingerprint density at radius 2 is 2.36 bits per heavy atom. The van der Waals surface area contributed by atoms with Crippen LogP contribution in [0, 0.1) is 0 Å². The molecule has 0 bridgehead atoms. The van der Waals surface area contributed by atoms with Gasteiger partial charge in [-0.3, -0.25) is 4.79 Å². The molecule has 0 aromatic carbocycles. The number of hydrogen-bond donors (Lipinski definition) is 1. The highest BCUT2D eigenvalue weighted by molar-refractivity contribution is 6.18. The van der Waals surface area contributed by atoms with E-state index in [0.717, 1.165) is 0 Å². The van der Waals surface area contributed by atoms with Gasteiger partial charge in [0.15, 0.2) is 5.78 Å². The number of ketones is 1. The molecular weight excluding hydrogens is 148 g/mol. The zero-order valence-corrected chi connectivity index (χ0v) is 6.09. The van der Waals surface area contributed by atoms with Crippen LogP contribution >= 0.6 is 0 Å². The minimum absolute atomic E-state index is 0.00694. The summed E-state index contributed by atoms with van der Waals surface area (Å²) in [6.07, 6.45) is 0. The first-order valence-electron chi connectivity index (χ1n) is 3.17. The van der Waals surface area contributed by atoms with E-state index in [1.807, 2.05) is 0 Å². The minimum Gasteiger partial charge on any atom is -0.457 e. The lowest BCUT2D eigenvalue weighted by atomic mass is 10.1. The molecule has 0 saturated heterocycles. The Morgan fingerprint density at radius 1 is 1.73 bits per heavy atom. The number of aliphatic hydroxyl groups excluding tert-OH is 1. The number of aliphatic hydroxyl groups is 1. The monoisotopic (exact) mass is 156 g/mol. The third-order valence-electron chi connectivity index (χ3n) is 1.48. The number of carbonyl (C=O) groups excluding carboxylic acids is 2. The maximum absolute atomic E-state index is 10.8. The normalized spacial score (nSPS) is 17.1. The van der Waals surface area contributed by atoms with Gasteiger partial charge in [0.05, 0.1) is 6.61 Å². The van der Waals surface area contributed by atoms with Crippen LogP contribution in [0.5, 0.6) is 0 Å². The van der Waals surface area contributed by atoms with Gasteiger partial charge >= 0.3 is 5.97 Å². The number of rotatable bonds is 2. The maximum Gasteiger partial charge on any atom is 0.342 e. The molecule has 4 nitrogen and oxygen atoms in total. The van der Waals surface area contributed by atoms with Crippen molar-refractivity contribution in [2.24, 2.45) is 0 Å². The fourth-order valence-electron chi connectivity index (χ4n) is 0.959. The largest absolute Gasteiger partial charge is 0.457 e. The average molecular weight is 156 g/mol. The third kappa shape index (κ3) is 1.30. The van der Waals surface area contributed by atoms with Gasteiger partial charge in [-0.05, 0) is 6.92 Å². The lowest BCUT2D eigenvalue weighted by Gasteiger charge is -1.92. The van der Waals surface area contributed by atoms with E-state index < -0.39 is 5.97 Å². The average Bonchev–Trinajstić information content (AvgIpc) is 2.30. The summed E-state index contributed by atoms with van der Waals surface area (Å²) in [5.74, 6) is -0.974. The molecule has 0 unspecified atom stereocenters. The maximum atomic E-state index is 10.8. The molecule has 0 atom stereocenters. The van der Waals surface area contributed by atoms with E-state index in [2.05, 4.69) is 4.74 Å². The number of ether oxygens (including phenoxy) is 1. The summed E-state index contributed by atoms with van der Waals surface area (Å²) in [4.78, 5) is 21.5. The van der Waals surface area contributed by atoms with Crippen LogP contribution in [0.25, 0.3) is 0 Å².